The summed E-state index contributed by atoms with van der Waals surface area (Å²) in [5.41, 5.74) is -2.35. The summed E-state index contributed by atoms with van der Waals surface area (Å²) in [6.07, 6.45) is 0.373. The van der Waals surface area contributed by atoms with Crippen molar-refractivity contribution in [3.63, 3.8) is 0 Å². The van der Waals surface area contributed by atoms with Gasteiger partial charge in [0, 0.05) is 0 Å². The zero-order chi connectivity index (χ0) is 22.0. The highest BCUT2D eigenvalue weighted by Crippen LogP contribution is 2.36. The van der Waals surface area contributed by atoms with Gasteiger partial charge in [-0.15, -0.1) is 6.58 Å². The summed E-state index contributed by atoms with van der Waals surface area (Å²) >= 11 is 0. The molecule has 8 heteroatoms. The van der Waals surface area contributed by atoms with Crippen LogP contribution in [0.2, 0.25) is 0 Å². The molecule has 0 spiro atoms. The predicted molar refractivity (Wildman–Crippen MR) is 106 cm³/mol. The summed E-state index contributed by atoms with van der Waals surface area (Å²) in [4.78, 5) is 0. The van der Waals surface area contributed by atoms with E-state index in [0.717, 1.165) is 12.8 Å². The molecule has 2 aliphatic rings. The van der Waals surface area contributed by atoms with Gasteiger partial charge in [-0.1, -0.05) is 18.2 Å². The highest BCUT2D eigenvalue weighted by atomic mass is 16.7. The summed E-state index contributed by atoms with van der Waals surface area (Å²) in [7, 11) is 0. The third-order valence-electron chi connectivity index (χ3n) is 5.76. The highest BCUT2D eigenvalue weighted by Gasteiger charge is 2.46. The Balaban J connectivity index is 2.01. The van der Waals surface area contributed by atoms with Gasteiger partial charge in [-0.25, -0.2) is 0 Å². The first-order valence-electron chi connectivity index (χ1n) is 10.0. The van der Waals surface area contributed by atoms with Gasteiger partial charge >= 0.3 is 0 Å². The number of aliphatic hydroxyl groups is 5. The smallest absolute Gasteiger partial charge is 0.187 e. The second-order valence-corrected chi connectivity index (χ2v) is 9.05. The molecule has 8 unspecified atom stereocenters. The number of hydrogen-bond donors (Lipinski definition) is 5. The maximum Gasteiger partial charge on any atom is 0.187 e. The quantitative estimate of drug-likeness (QED) is 0.360. The van der Waals surface area contributed by atoms with Gasteiger partial charge in [-0.3, -0.25) is 0 Å². The SMILES string of the molecule is C=CC(C)(CC=CC1(C)CCC(C(C)(C)O)O1)OC1OC(CO)C(O)C(O)C1O. The molecule has 0 aromatic carbocycles. The molecule has 2 fully saturated rings. The maximum atomic E-state index is 10.2. The van der Waals surface area contributed by atoms with Gasteiger partial charge < -0.3 is 39.7 Å². The Morgan fingerprint density at radius 3 is 2.34 bits per heavy atom. The molecule has 0 aromatic heterocycles. The van der Waals surface area contributed by atoms with Crippen LogP contribution in [0.5, 0.6) is 0 Å². The van der Waals surface area contributed by atoms with Crippen LogP contribution in [0.25, 0.3) is 0 Å². The van der Waals surface area contributed by atoms with Crippen molar-refractivity contribution in [1.29, 1.82) is 0 Å². The van der Waals surface area contributed by atoms with Gasteiger partial charge in [0.2, 0.25) is 0 Å². The number of aliphatic hydroxyl groups excluding tert-OH is 4. The molecule has 0 bridgehead atoms. The van der Waals surface area contributed by atoms with Crippen molar-refractivity contribution in [2.24, 2.45) is 0 Å². The van der Waals surface area contributed by atoms with E-state index in [0.29, 0.717) is 6.42 Å². The summed E-state index contributed by atoms with van der Waals surface area (Å²) in [5.74, 6) is 0. The molecule has 0 aromatic rings. The van der Waals surface area contributed by atoms with Crippen LogP contribution in [-0.2, 0) is 14.2 Å². The monoisotopic (exact) mass is 416 g/mol. The number of hydrogen-bond acceptors (Lipinski definition) is 8. The van der Waals surface area contributed by atoms with Crippen LogP contribution in [-0.4, -0.2) is 85.8 Å². The van der Waals surface area contributed by atoms with Crippen LogP contribution in [0, 0.1) is 0 Å². The van der Waals surface area contributed by atoms with Crippen LogP contribution in [0.3, 0.4) is 0 Å². The fraction of sp³-hybridized carbons (Fsp3) is 0.810. The van der Waals surface area contributed by atoms with Crippen LogP contribution in [0.4, 0.5) is 0 Å². The Morgan fingerprint density at radius 2 is 1.83 bits per heavy atom. The molecule has 5 N–H and O–H groups in total. The van der Waals surface area contributed by atoms with Crippen LogP contribution in [0.1, 0.15) is 47.0 Å². The molecule has 2 rings (SSSR count). The molecule has 2 aliphatic heterocycles. The molecular weight excluding hydrogens is 380 g/mol. The summed E-state index contributed by atoms with van der Waals surface area (Å²) < 4.78 is 17.3. The first kappa shape index (κ1) is 24.4. The largest absolute Gasteiger partial charge is 0.394 e. The van der Waals surface area contributed by atoms with Crippen molar-refractivity contribution < 1.29 is 39.7 Å². The van der Waals surface area contributed by atoms with Crippen molar-refractivity contribution >= 4 is 0 Å². The third kappa shape index (κ3) is 5.86. The fourth-order valence-corrected chi connectivity index (χ4v) is 3.63. The van der Waals surface area contributed by atoms with Crippen molar-refractivity contribution in [2.45, 2.75) is 101 Å². The molecule has 2 saturated heterocycles. The van der Waals surface area contributed by atoms with E-state index in [1.165, 1.54) is 0 Å². The number of ether oxygens (including phenoxy) is 3. The summed E-state index contributed by atoms with van der Waals surface area (Å²) in [6, 6.07) is 0. The molecule has 8 nitrogen and oxygen atoms in total. The van der Waals surface area contributed by atoms with E-state index < -0.39 is 54.1 Å². The lowest BCUT2D eigenvalue weighted by atomic mass is 9.95. The Kier molecular flexibility index (Phi) is 7.68. The molecule has 2 heterocycles. The van der Waals surface area contributed by atoms with E-state index >= 15 is 0 Å². The van der Waals surface area contributed by atoms with Gasteiger partial charge in [0.1, 0.15) is 24.4 Å². The second kappa shape index (κ2) is 9.11. The minimum absolute atomic E-state index is 0.242. The lowest BCUT2D eigenvalue weighted by Crippen LogP contribution is -2.60. The van der Waals surface area contributed by atoms with Gasteiger partial charge in [-0.05, 0) is 47.0 Å². The van der Waals surface area contributed by atoms with Crippen molar-refractivity contribution in [3.8, 4) is 0 Å². The molecule has 0 radical (unpaired) electrons. The van der Waals surface area contributed by atoms with Crippen LogP contribution in [0.15, 0.2) is 24.8 Å². The average molecular weight is 417 g/mol. The van der Waals surface area contributed by atoms with Crippen molar-refractivity contribution in [1.82, 2.24) is 0 Å². The first-order chi connectivity index (χ1) is 13.3. The summed E-state index contributed by atoms with van der Waals surface area (Å²) in [6.45, 7) is 10.4. The third-order valence-corrected chi connectivity index (χ3v) is 5.76. The van der Waals surface area contributed by atoms with Gasteiger partial charge in [0.05, 0.1) is 29.5 Å². The predicted octanol–water partition coefficient (Wildman–Crippen LogP) is 0.402. The zero-order valence-corrected chi connectivity index (χ0v) is 17.7. The maximum absolute atomic E-state index is 10.2. The molecule has 29 heavy (non-hydrogen) atoms. The normalized spacial score (nSPS) is 40.9. The lowest BCUT2D eigenvalue weighted by Gasteiger charge is -2.42. The minimum atomic E-state index is -1.50. The average Bonchev–Trinajstić information content (AvgIpc) is 3.05. The summed E-state index contributed by atoms with van der Waals surface area (Å²) in [5, 5.41) is 49.5. The van der Waals surface area contributed by atoms with Gasteiger partial charge in [0.25, 0.3) is 0 Å². The lowest BCUT2D eigenvalue weighted by molar-refractivity contribution is -0.319. The van der Waals surface area contributed by atoms with E-state index in [-0.39, 0.29) is 6.10 Å². The Bertz CT molecular complexity index is 586. The molecule has 0 amide bonds. The molecule has 0 aliphatic carbocycles. The van der Waals surface area contributed by atoms with Crippen LogP contribution >= 0.6 is 0 Å². The highest BCUT2D eigenvalue weighted by molar-refractivity contribution is 5.09. The molecule has 168 valence electrons. The van der Waals surface area contributed by atoms with E-state index in [2.05, 4.69) is 6.58 Å². The standard InChI is InChI=1S/C21H36O8/c1-6-20(4,29-18-17(25)16(24)15(23)13(12-22)27-18)9-7-10-21(5)11-8-14(28-21)19(2,3)26/h6-7,10,13-18,22-26H,1,8-9,11-12H2,2-5H3. The molecular formula is C21H36O8. The minimum Gasteiger partial charge on any atom is -0.394 e. The van der Waals surface area contributed by atoms with E-state index in [4.69, 9.17) is 14.2 Å². The zero-order valence-electron chi connectivity index (χ0n) is 17.7. The van der Waals surface area contributed by atoms with E-state index in [9.17, 15) is 25.5 Å². The molecule has 0 saturated carbocycles. The molecule has 8 atom stereocenters. The second-order valence-electron chi connectivity index (χ2n) is 9.05. The van der Waals surface area contributed by atoms with Gasteiger partial charge in [0.15, 0.2) is 6.29 Å². The first-order valence-corrected chi connectivity index (χ1v) is 10.0. The Morgan fingerprint density at radius 1 is 1.17 bits per heavy atom. The number of rotatable bonds is 8. The van der Waals surface area contributed by atoms with Crippen LogP contribution < -0.4 is 0 Å². The Hall–Kier alpha value is -0.840. The topological polar surface area (TPSA) is 129 Å². The van der Waals surface area contributed by atoms with Gasteiger partial charge in [-0.2, -0.15) is 0 Å². The van der Waals surface area contributed by atoms with Crippen molar-refractivity contribution in [3.05, 3.63) is 24.8 Å². The van der Waals surface area contributed by atoms with E-state index in [1.54, 1.807) is 26.8 Å². The Labute approximate surface area is 172 Å². The fourth-order valence-electron chi connectivity index (χ4n) is 3.63. The van der Waals surface area contributed by atoms with Crippen molar-refractivity contribution in [2.75, 3.05) is 6.61 Å². The van der Waals surface area contributed by atoms with E-state index in [1.807, 2.05) is 19.1 Å².